The highest BCUT2D eigenvalue weighted by Crippen LogP contribution is 2.23. The predicted molar refractivity (Wildman–Crippen MR) is 107 cm³/mol. The van der Waals surface area contributed by atoms with Gasteiger partial charge in [0.25, 0.3) is 5.91 Å². The summed E-state index contributed by atoms with van der Waals surface area (Å²) in [5, 5.41) is 2.80. The van der Waals surface area contributed by atoms with Crippen molar-refractivity contribution in [2.75, 3.05) is 26.0 Å². The zero-order valence-electron chi connectivity index (χ0n) is 16.0. The molecule has 1 heterocycles. The second kappa shape index (κ2) is 8.22. The van der Waals surface area contributed by atoms with Gasteiger partial charge in [-0.3, -0.25) is 19.3 Å². The number of nitrogens with one attached hydrogen (secondary N) is 1. The molecule has 0 fully saturated rings. The van der Waals surface area contributed by atoms with E-state index in [1.807, 2.05) is 24.3 Å². The van der Waals surface area contributed by atoms with Gasteiger partial charge in [0, 0.05) is 31.9 Å². The van der Waals surface area contributed by atoms with E-state index in [1.54, 1.807) is 43.3 Å². The van der Waals surface area contributed by atoms with Gasteiger partial charge in [-0.05, 0) is 35.7 Å². The number of rotatable bonds is 5. The van der Waals surface area contributed by atoms with Crippen molar-refractivity contribution in [3.05, 3.63) is 65.2 Å². The van der Waals surface area contributed by atoms with Crippen molar-refractivity contribution >= 4 is 23.4 Å². The van der Waals surface area contributed by atoms with Gasteiger partial charge >= 0.3 is 0 Å². The maximum atomic E-state index is 12.6. The van der Waals surface area contributed by atoms with Gasteiger partial charge in [-0.15, -0.1) is 0 Å². The number of fused-ring (bicyclic) bond motifs is 1. The highest BCUT2D eigenvalue weighted by atomic mass is 16.2. The van der Waals surface area contributed by atoms with Crippen LogP contribution in [0.15, 0.2) is 48.5 Å². The Morgan fingerprint density at radius 3 is 2.50 bits per heavy atom. The van der Waals surface area contributed by atoms with E-state index in [2.05, 4.69) is 5.32 Å². The standard InChI is InChI=1S/C21H24N4O3/c1-24(2)21(28)15-8-5-9-17(10-15)23-19(26)13-25-12-16-7-4-3-6-14(16)11-18(25)20(22)27/h3-10,18H,11-13H2,1-2H3,(H2,22,27)(H,23,26). The van der Waals surface area contributed by atoms with Gasteiger partial charge in [-0.25, -0.2) is 0 Å². The molecule has 0 aromatic heterocycles. The first-order valence-corrected chi connectivity index (χ1v) is 9.07. The smallest absolute Gasteiger partial charge is 0.253 e. The average molecular weight is 380 g/mol. The van der Waals surface area contributed by atoms with Crippen LogP contribution in [-0.2, 0) is 22.6 Å². The molecule has 0 saturated carbocycles. The van der Waals surface area contributed by atoms with Crippen LogP contribution >= 0.6 is 0 Å². The van der Waals surface area contributed by atoms with Crippen LogP contribution < -0.4 is 11.1 Å². The van der Waals surface area contributed by atoms with Crippen molar-refractivity contribution in [1.29, 1.82) is 0 Å². The van der Waals surface area contributed by atoms with Crippen molar-refractivity contribution in [2.45, 2.75) is 19.0 Å². The molecule has 1 unspecified atom stereocenters. The third-order valence-corrected chi connectivity index (χ3v) is 4.82. The van der Waals surface area contributed by atoms with Crippen LogP contribution in [0.4, 0.5) is 5.69 Å². The van der Waals surface area contributed by atoms with Gasteiger partial charge in [0.15, 0.2) is 0 Å². The number of benzene rings is 2. The first-order valence-electron chi connectivity index (χ1n) is 9.07. The molecule has 1 aliphatic rings. The van der Waals surface area contributed by atoms with Crippen LogP contribution in [-0.4, -0.2) is 54.2 Å². The lowest BCUT2D eigenvalue weighted by atomic mass is 9.93. The number of carbonyl (C=O) groups is 3. The molecule has 3 amide bonds. The molecule has 0 radical (unpaired) electrons. The molecule has 1 aliphatic heterocycles. The molecular formula is C21H24N4O3. The number of carbonyl (C=O) groups excluding carboxylic acids is 3. The topological polar surface area (TPSA) is 95.7 Å². The molecule has 3 rings (SSSR count). The Bertz CT molecular complexity index is 910. The summed E-state index contributed by atoms with van der Waals surface area (Å²) < 4.78 is 0. The number of hydrogen-bond acceptors (Lipinski definition) is 4. The Labute approximate surface area is 164 Å². The van der Waals surface area contributed by atoms with Gasteiger partial charge in [-0.1, -0.05) is 30.3 Å². The zero-order chi connectivity index (χ0) is 20.3. The summed E-state index contributed by atoms with van der Waals surface area (Å²) in [7, 11) is 3.34. The maximum absolute atomic E-state index is 12.6. The molecule has 0 saturated heterocycles. The van der Waals surface area contributed by atoms with Crippen LogP contribution in [0.2, 0.25) is 0 Å². The summed E-state index contributed by atoms with van der Waals surface area (Å²) in [4.78, 5) is 39.8. The Hall–Kier alpha value is -3.19. The molecule has 0 aliphatic carbocycles. The lowest BCUT2D eigenvalue weighted by Gasteiger charge is -2.34. The van der Waals surface area contributed by atoms with Crippen molar-refractivity contribution in [3.63, 3.8) is 0 Å². The Morgan fingerprint density at radius 1 is 1.11 bits per heavy atom. The first-order chi connectivity index (χ1) is 13.3. The normalized spacial score (nSPS) is 16.1. The Balaban J connectivity index is 1.71. The lowest BCUT2D eigenvalue weighted by Crippen LogP contribution is -2.50. The summed E-state index contributed by atoms with van der Waals surface area (Å²) in [6.45, 7) is 0.518. The van der Waals surface area contributed by atoms with Gasteiger partial charge in [0.05, 0.1) is 12.6 Å². The fourth-order valence-electron chi connectivity index (χ4n) is 3.40. The lowest BCUT2D eigenvalue weighted by molar-refractivity contribution is -0.125. The maximum Gasteiger partial charge on any atom is 0.253 e. The summed E-state index contributed by atoms with van der Waals surface area (Å²) in [6, 6.07) is 14.1. The van der Waals surface area contributed by atoms with Gasteiger partial charge in [0.2, 0.25) is 11.8 Å². The van der Waals surface area contributed by atoms with Crippen molar-refractivity contribution in [1.82, 2.24) is 9.80 Å². The van der Waals surface area contributed by atoms with Crippen LogP contribution in [0.5, 0.6) is 0 Å². The molecule has 146 valence electrons. The van der Waals surface area contributed by atoms with E-state index in [0.717, 1.165) is 11.1 Å². The van der Waals surface area contributed by atoms with Gasteiger partial charge < -0.3 is 16.0 Å². The number of nitrogens with two attached hydrogens (primary N) is 1. The van der Waals surface area contributed by atoms with Crippen molar-refractivity contribution in [3.8, 4) is 0 Å². The average Bonchev–Trinajstić information content (AvgIpc) is 2.66. The van der Waals surface area contributed by atoms with Crippen LogP contribution in [0.1, 0.15) is 21.5 Å². The van der Waals surface area contributed by atoms with Crippen molar-refractivity contribution < 1.29 is 14.4 Å². The molecule has 7 heteroatoms. The number of primary amides is 1. The second-order valence-corrected chi connectivity index (χ2v) is 7.12. The van der Waals surface area contributed by atoms with E-state index >= 15 is 0 Å². The zero-order valence-corrected chi connectivity index (χ0v) is 16.0. The van der Waals surface area contributed by atoms with E-state index in [1.165, 1.54) is 4.90 Å². The largest absolute Gasteiger partial charge is 0.368 e. The molecule has 3 N–H and O–H groups in total. The Morgan fingerprint density at radius 2 is 1.82 bits per heavy atom. The minimum Gasteiger partial charge on any atom is -0.368 e. The highest BCUT2D eigenvalue weighted by molar-refractivity contribution is 5.97. The fraction of sp³-hybridized carbons (Fsp3) is 0.286. The molecule has 7 nitrogen and oxygen atoms in total. The number of amides is 3. The monoisotopic (exact) mass is 380 g/mol. The summed E-state index contributed by atoms with van der Waals surface area (Å²) in [6.07, 6.45) is 0.492. The third kappa shape index (κ3) is 4.37. The third-order valence-electron chi connectivity index (χ3n) is 4.82. The highest BCUT2D eigenvalue weighted by Gasteiger charge is 2.31. The minimum atomic E-state index is -0.526. The number of nitrogens with zero attached hydrogens (tertiary/aromatic N) is 2. The minimum absolute atomic E-state index is 0.0355. The van der Waals surface area contributed by atoms with E-state index in [9.17, 15) is 14.4 Å². The van der Waals surface area contributed by atoms with E-state index in [0.29, 0.717) is 24.2 Å². The predicted octanol–water partition coefficient (Wildman–Crippen LogP) is 1.24. The molecule has 28 heavy (non-hydrogen) atoms. The quantitative estimate of drug-likeness (QED) is 0.816. The summed E-state index contributed by atoms with van der Waals surface area (Å²) in [5.41, 5.74) is 8.76. The Kier molecular flexibility index (Phi) is 5.75. The summed E-state index contributed by atoms with van der Waals surface area (Å²) in [5.74, 6) is -0.849. The van der Waals surface area contributed by atoms with Crippen molar-refractivity contribution in [2.24, 2.45) is 5.73 Å². The fourth-order valence-corrected chi connectivity index (χ4v) is 3.40. The van der Waals surface area contributed by atoms with Crippen LogP contribution in [0.3, 0.4) is 0 Å². The number of anilines is 1. The molecule has 1 atom stereocenters. The van der Waals surface area contributed by atoms with Gasteiger partial charge in [-0.2, -0.15) is 0 Å². The molecule has 0 bridgehead atoms. The van der Waals surface area contributed by atoms with Crippen LogP contribution in [0, 0.1) is 0 Å². The van der Waals surface area contributed by atoms with E-state index < -0.39 is 11.9 Å². The molecule has 0 spiro atoms. The molecule has 2 aromatic rings. The van der Waals surface area contributed by atoms with Crippen LogP contribution in [0.25, 0.3) is 0 Å². The van der Waals surface area contributed by atoms with Gasteiger partial charge in [0.1, 0.15) is 0 Å². The molecule has 2 aromatic carbocycles. The van der Waals surface area contributed by atoms with E-state index in [-0.39, 0.29) is 18.4 Å². The summed E-state index contributed by atoms with van der Waals surface area (Å²) >= 11 is 0. The number of hydrogen-bond donors (Lipinski definition) is 2. The SMILES string of the molecule is CN(C)C(=O)c1cccc(NC(=O)CN2Cc3ccccc3CC2C(N)=O)c1. The second-order valence-electron chi connectivity index (χ2n) is 7.12. The molecular weight excluding hydrogens is 356 g/mol. The first kappa shape index (κ1) is 19.6. The van der Waals surface area contributed by atoms with E-state index in [4.69, 9.17) is 5.73 Å².